The quantitative estimate of drug-likeness (QED) is 0.608. The number of rotatable bonds is 2. The van der Waals surface area contributed by atoms with Gasteiger partial charge in [0.1, 0.15) is 0 Å². The van der Waals surface area contributed by atoms with Gasteiger partial charge in [0.2, 0.25) is 11.8 Å². The summed E-state index contributed by atoms with van der Waals surface area (Å²) in [5.74, 6) is 0.981. The zero-order valence-electron chi connectivity index (χ0n) is 5.92. The van der Waals surface area contributed by atoms with Crippen molar-refractivity contribution >= 4 is 0 Å². The molecule has 1 rings (SSSR count). The molecule has 0 fully saturated rings. The number of pyridine rings is 1. The van der Waals surface area contributed by atoms with Crippen LogP contribution in [0, 0.1) is 6.07 Å². The van der Waals surface area contributed by atoms with Crippen molar-refractivity contribution in [3.8, 4) is 11.8 Å². The fourth-order valence-corrected chi connectivity index (χ4v) is 0.572. The van der Waals surface area contributed by atoms with Gasteiger partial charge in [-0.15, -0.1) is 0 Å². The molecule has 0 aliphatic heterocycles. The molecule has 0 bridgehead atoms. The molecule has 0 unspecified atom stereocenters. The van der Waals surface area contributed by atoms with Gasteiger partial charge in [-0.3, -0.25) is 0 Å². The molecule has 10 heavy (non-hydrogen) atoms. The second kappa shape index (κ2) is 3.06. The van der Waals surface area contributed by atoms with Crippen molar-refractivity contribution in [1.82, 2.24) is 4.98 Å². The lowest BCUT2D eigenvalue weighted by Gasteiger charge is -1.99. The van der Waals surface area contributed by atoms with Crippen LogP contribution in [0.1, 0.15) is 0 Å². The first-order valence-corrected chi connectivity index (χ1v) is 2.83. The molecule has 53 valence electrons. The first-order chi connectivity index (χ1) is 4.86. The largest absolute Gasteiger partial charge is 0.481 e. The molecule has 0 atom stereocenters. The lowest BCUT2D eigenvalue weighted by Crippen LogP contribution is -1.90. The Hall–Kier alpha value is -1.25. The normalized spacial score (nSPS) is 9.00. The molecule has 0 saturated heterocycles. The smallest absolute Gasteiger partial charge is 0.224 e. The molecule has 0 N–H and O–H groups in total. The van der Waals surface area contributed by atoms with Crippen LogP contribution in [-0.2, 0) is 0 Å². The van der Waals surface area contributed by atoms with Crippen LogP contribution in [0.4, 0.5) is 0 Å². The molecule has 3 nitrogen and oxygen atoms in total. The van der Waals surface area contributed by atoms with Gasteiger partial charge >= 0.3 is 0 Å². The molecule has 1 aromatic rings. The number of nitrogens with zero attached hydrogens (tertiary/aromatic N) is 1. The standard InChI is InChI=1S/C7H8NO2/c1-9-6-4-3-5-7(8-6)10-2/h3-4H,1-2H3. The molecule has 1 aromatic heterocycles. The Morgan fingerprint density at radius 2 is 2.20 bits per heavy atom. The monoisotopic (exact) mass is 138 g/mol. The van der Waals surface area contributed by atoms with Crippen molar-refractivity contribution in [3.05, 3.63) is 18.2 Å². The van der Waals surface area contributed by atoms with Gasteiger partial charge in [-0.1, -0.05) is 0 Å². The Labute approximate surface area is 59.6 Å². The van der Waals surface area contributed by atoms with E-state index in [1.807, 2.05) is 0 Å². The van der Waals surface area contributed by atoms with Gasteiger partial charge in [0.15, 0.2) is 0 Å². The summed E-state index contributed by atoms with van der Waals surface area (Å²) in [6, 6.07) is 6.19. The summed E-state index contributed by atoms with van der Waals surface area (Å²) in [6.07, 6.45) is 0. The SMILES string of the molecule is COc1[c]ccc(OC)n1. The van der Waals surface area contributed by atoms with Crippen LogP contribution in [0.25, 0.3) is 0 Å². The second-order valence-electron chi connectivity index (χ2n) is 1.64. The second-order valence-corrected chi connectivity index (χ2v) is 1.64. The van der Waals surface area contributed by atoms with E-state index in [0.717, 1.165) is 0 Å². The Balaban J connectivity index is 2.87. The topological polar surface area (TPSA) is 31.4 Å². The highest BCUT2D eigenvalue weighted by Gasteiger charge is 1.94. The van der Waals surface area contributed by atoms with Gasteiger partial charge in [0, 0.05) is 12.1 Å². The molecule has 0 aliphatic carbocycles. The zero-order chi connectivity index (χ0) is 7.40. The first kappa shape index (κ1) is 6.86. The number of hydrogen-bond acceptors (Lipinski definition) is 3. The van der Waals surface area contributed by atoms with E-state index >= 15 is 0 Å². The Morgan fingerprint density at radius 3 is 2.80 bits per heavy atom. The van der Waals surface area contributed by atoms with Crippen molar-refractivity contribution in [2.45, 2.75) is 0 Å². The zero-order valence-corrected chi connectivity index (χ0v) is 5.92. The summed E-state index contributed by atoms with van der Waals surface area (Å²) in [6.45, 7) is 0. The van der Waals surface area contributed by atoms with Crippen LogP contribution in [0.2, 0.25) is 0 Å². The van der Waals surface area contributed by atoms with Gasteiger partial charge in [-0.2, -0.15) is 4.98 Å². The summed E-state index contributed by atoms with van der Waals surface area (Å²) in [5.41, 5.74) is 0. The first-order valence-electron chi connectivity index (χ1n) is 2.83. The van der Waals surface area contributed by atoms with E-state index in [9.17, 15) is 0 Å². The van der Waals surface area contributed by atoms with Crippen LogP contribution in [-0.4, -0.2) is 19.2 Å². The van der Waals surface area contributed by atoms with E-state index in [1.165, 1.54) is 7.11 Å². The van der Waals surface area contributed by atoms with Crippen LogP contribution in [0.5, 0.6) is 11.8 Å². The molecule has 1 heterocycles. The minimum Gasteiger partial charge on any atom is -0.481 e. The third kappa shape index (κ3) is 1.37. The number of ether oxygens (including phenoxy) is 2. The molecule has 1 radical (unpaired) electrons. The Kier molecular flexibility index (Phi) is 2.10. The maximum atomic E-state index is 4.85. The predicted molar refractivity (Wildman–Crippen MR) is 36.2 cm³/mol. The maximum absolute atomic E-state index is 4.85. The molecule has 3 heteroatoms. The van der Waals surface area contributed by atoms with Crippen molar-refractivity contribution in [1.29, 1.82) is 0 Å². The van der Waals surface area contributed by atoms with Crippen molar-refractivity contribution in [3.63, 3.8) is 0 Å². The molecule has 0 aliphatic rings. The van der Waals surface area contributed by atoms with Gasteiger partial charge < -0.3 is 9.47 Å². The summed E-state index contributed by atoms with van der Waals surface area (Å²) in [7, 11) is 3.10. The molecular formula is C7H8NO2. The van der Waals surface area contributed by atoms with Crippen LogP contribution in [0.15, 0.2) is 12.1 Å². The molecule has 0 saturated carbocycles. The molecular weight excluding hydrogens is 130 g/mol. The van der Waals surface area contributed by atoms with Gasteiger partial charge in [-0.25, -0.2) is 0 Å². The van der Waals surface area contributed by atoms with E-state index in [0.29, 0.717) is 11.8 Å². The van der Waals surface area contributed by atoms with Crippen molar-refractivity contribution < 1.29 is 9.47 Å². The minimum atomic E-state index is 0.444. The van der Waals surface area contributed by atoms with Gasteiger partial charge in [-0.05, 0) is 6.07 Å². The van der Waals surface area contributed by atoms with E-state index < -0.39 is 0 Å². The highest BCUT2D eigenvalue weighted by molar-refractivity contribution is 5.17. The van der Waals surface area contributed by atoms with E-state index in [2.05, 4.69) is 11.1 Å². The average Bonchev–Trinajstić information content (AvgIpc) is 2.05. The fraction of sp³-hybridized carbons (Fsp3) is 0.286. The van der Waals surface area contributed by atoms with Crippen molar-refractivity contribution in [2.75, 3.05) is 14.2 Å². The Bertz CT molecular complexity index is 193. The van der Waals surface area contributed by atoms with Crippen LogP contribution < -0.4 is 9.47 Å². The van der Waals surface area contributed by atoms with Crippen LogP contribution >= 0.6 is 0 Å². The fourth-order valence-electron chi connectivity index (χ4n) is 0.572. The van der Waals surface area contributed by atoms with E-state index in [1.54, 1.807) is 19.2 Å². The lowest BCUT2D eigenvalue weighted by atomic mass is 10.5. The third-order valence-corrected chi connectivity index (χ3v) is 1.05. The van der Waals surface area contributed by atoms with Crippen molar-refractivity contribution in [2.24, 2.45) is 0 Å². The average molecular weight is 138 g/mol. The molecule has 0 aromatic carbocycles. The Morgan fingerprint density at radius 1 is 1.40 bits per heavy atom. The highest BCUT2D eigenvalue weighted by atomic mass is 16.5. The lowest BCUT2D eigenvalue weighted by molar-refractivity contribution is 0.364. The minimum absolute atomic E-state index is 0.444. The number of hydrogen-bond donors (Lipinski definition) is 0. The third-order valence-electron chi connectivity index (χ3n) is 1.05. The summed E-state index contributed by atoms with van der Waals surface area (Å²) in [4.78, 5) is 3.91. The van der Waals surface area contributed by atoms with Gasteiger partial charge in [0.05, 0.1) is 14.2 Å². The highest BCUT2D eigenvalue weighted by Crippen LogP contribution is 2.10. The van der Waals surface area contributed by atoms with E-state index in [-0.39, 0.29) is 0 Å². The number of methoxy groups -OCH3 is 2. The summed E-state index contributed by atoms with van der Waals surface area (Å²) >= 11 is 0. The van der Waals surface area contributed by atoms with E-state index in [4.69, 9.17) is 9.47 Å². The predicted octanol–water partition coefficient (Wildman–Crippen LogP) is 0.899. The molecule has 0 amide bonds. The number of aromatic nitrogens is 1. The molecule has 0 spiro atoms. The summed E-state index contributed by atoms with van der Waals surface area (Å²) in [5, 5.41) is 0. The van der Waals surface area contributed by atoms with Gasteiger partial charge in [0.25, 0.3) is 0 Å². The maximum Gasteiger partial charge on any atom is 0.224 e. The summed E-state index contributed by atoms with van der Waals surface area (Å²) < 4.78 is 9.66. The van der Waals surface area contributed by atoms with Crippen LogP contribution in [0.3, 0.4) is 0 Å².